The number of nitrogens with zero attached hydrogens (tertiary/aromatic N) is 1. The summed E-state index contributed by atoms with van der Waals surface area (Å²) in [7, 11) is 0. The van der Waals surface area contributed by atoms with Crippen molar-refractivity contribution in [1.82, 2.24) is 15.5 Å². The monoisotopic (exact) mass is 457 g/mol. The van der Waals surface area contributed by atoms with Gasteiger partial charge in [0.05, 0.1) is 5.56 Å². The zero-order valence-electron chi connectivity index (χ0n) is 18.8. The third kappa shape index (κ3) is 6.15. The van der Waals surface area contributed by atoms with Crippen molar-refractivity contribution < 1.29 is 23.2 Å². The smallest absolute Gasteiger partial charge is 0.256 e. The first kappa shape index (κ1) is 24.4. The van der Waals surface area contributed by atoms with Gasteiger partial charge in [0.15, 0.2) is 0 Å². The highest BCUT2D eigenvalue weighted by molar-refractivity contribution is 5.98. The Morgan fingerprint density at radius 2 is 1.64 bits per heavy atom. The van der Waals surface area contributed by atoms with E-state index in [0.29, 0.717) is 25.9 Å². The van der Waals surface area contributed by atoms with E-state index in [9.17, 15) is 23.2 Å². The van der Waals surface area contributed by atoms with Crippen molar-refractivity contribution in [2.24, 2.45) is 5.92 Å². The number of rotatable bonds is 7. The number of nitrogens with one attached hydrogen (secondary N) is 2. The highest BCUT2D eigenvalue weighted by Gasteiger charge is 2.35. The molecule has 1 heterocycles. The van der Waals surface area contributed by atoms with Crippen LogP contribution in [0.5, 0.6) is 0 Å². The third-order valence-electron chi connectivity index (χ3n) is 6.08. The first-order chi connectivity index (χ1) is 15.8. The van der Waals surface area contributed by atoms with E-state index in [4.69, 9.17) is 0 Å². The van der Waals surface area contributed by atoms with Crippen LogP contribution in [0.15, 0.2) is 48.5 Å². The summed E-state index contributed by atoms with van der Waals surface area (Å²) in [4.78, 5) is 40.0. The number of hydrogen-bond acceptors (Lipinski definition) is 3. The largest absolute Gasteiger partial charge is 0.352 e. The van der Waals surface area contributed by atoms with Crippen molar-refractivity contribution in [2.75, 3.05) is 13.1 Å². The molecule has 2 atom stereocenters. The van der Waals surface area contributed by atoms with E-state index >= 15 is 0 Å². The van der Waals surface area contributed by atoms with Crippen molar-refractivity contribution >= 4 is 17.7 Å². The molecule has 8 heteroatoms. The predicted molar refractivity (Wildman–Crippen MR) is 121 cm³/mol. The minimum Gasteiger partial charge on any atom is -0.352 e. The fraction of sp³-hybridized carbons (Fsp3) is 0.400. The number of hydrogen-bond donors (Lipinski definition) is 2. The SMILES string of the molecule is CC[C@H](C)NC(=O)[C@H](NC(=O)c1ccc(F)cc1)C1CCN(C(=O)c2ccccc2F)CC1. The Balaban J connectivity index is 1.71. The Labute approximate surface area is 192 Å². The van der Waals surface area contributed by atoms with Gasteiger partial charge in [-0.05, 0) is 68.5 Å². The lowest BCUT2D eigenvalue weighted by atomic mass is 9.88. The molecule has 2 aromatic rings. The Bertz CT molecular complexity index is 989. The quantitative estimate of drug-likeness (QED) is 0.668. The fourth-order valence-corrected chi connectivity index (χ4v) is 3.90. The summed E-state index contributed by atoms with van der Waals surface area (Å²) in [6.07, 6.45) is 1.69. The maximum atomic E-state index is 14.0. The molecule has 0 aliphatic carbocycles. The van der Waals surface area contributed by atoms with Crippen LogP contribution in [0.2, 0.25) is 0 Å². The Hall–Kier alpha value is -3.29. The molecule has 0 bridgehead atoms. The fourth-order valence-electron chi connectivity index (χ4n) is 3.90. The number of carbonyl (C=O) groups is 3. The topological polar surface area (TPSA) is 78.5 Å². The van der Waals surface area contributed by atoms with Crippen LogP contribution >= 0.6 is 0 Å². The van der Waals surface area contributed by atoms with Gasteiger partial charge in [-0.2, -0.15) is 0 Å². The first-order valence-electron chi connectivity index (χ1n) is 11.2. The van der Waals surface area contributed by atoms with Gasteiger partial charge in [0, 0.05) is 24.7 Å². The number of halogens is 2. The van der Waals surface area contributed by atoms with Crippen molar-refractivity contribution in [1.29, 1.82) is 0 Å². The molecule has 3 rings (SSSR count). The molecular weight excluding hydrogens is 428 g/mol. The highest BCUT2D eigenvalue weighted by atomic mass is 19.1. The highest BCUT2D eigenvalue weighted by Crippen LogP contribution is 2.24. The lowest BCUT2D eigenvalue weighted by Crippen LogP contribution is -2.55. The molecule has 3 amide bonds. The standard InChI is InChI=1S/C25H29F2N3O3/c1-3-16(2)28-24(32)22(29-23(31)18-8-10-19(26)11-9-18)17-12-14-30(15-13-17)25(33)20-6-4-5-7-21(20)27/h4-11,16-17,22H,3,12-15H2,1-2H3,(H,28,32)(H,29,31)/t16-,22+/m0/s1. The van der Waals surface area contributed by atoms with Crippen LogP contribution in [0, 0.1) is 17.6 Å². The van der Waals surface area contributed by atoms with Crippen LogP contribution < -0.4 is 10.6 Å². The molecule has 1 aliphatic rings. The summed E-state index contributed by atoms with van der Waals surface area (Å²) >= 11 is 0. The zero-order valence-corrected chi connectivity index (χ0v) is 18.8. The van der Waals surface area contributed by atoms with Gasteiger partial charge < -0.3 is 15.5 Å². The van der Waals surface area contributed by atoms with Crippen LogP contribution in [0.25, 0.3) is 0 Å². The molecule has 1 aliphatic heterocycles. The predicted octanol–water partition coefficient (Wildman–Crippen LogP) is 3.53. The lowest BCUT2D eigenvalue weighted by Gasteiger charge is -2.36. The van der Waals surface area contributed by atoms with Crippen molar-refractivity contribution in [3.8, 4) is 0 Å². The summed E-state index contributed by atoms with van der Waals surface area (Å²) in [5, 5.41) is 5.72. The number of amides is 3. The number of piperidine rings is 1. The minimum atomic E-state index is -0.803. The normalized spacial score (nSPS) is 16.1. The lowest BCUT2D eigenvalue weighted by molar-refractivity contribution is -0.125. The molecule has 0 spiro atoms. The van der Waals surface area contributed by atoms with Gasteiger partial charge in [0.2, 0.25) is 5.91 Å². The van der Waals surface area contributed by atoms with Crippen LogP contribution in [0.1, 0.15) is 53.8 Å². The van der Waals surface area contributed by atoms with Crippen molar-refractivity contribution in [2.45, 2.75) is 45.2 Å². The summed E-state index contributed by atoms with van der Waals surface area (Å²) in [6, 6.07) is 10.1. The zero-order chi connectivity index (χ0) is 24.0. The van der Waals surface area contributed by atoms with E-state index in [1.165, 1.54) is 42.5 Å². The van der Waals surface area contributed by atoms with Gasteiger partial charge in [-0.25, -0.2) is 8.78 Å². The van der Waals surface area contributed by atoms with Crippen molar-refractivity contribution in [3.05, 3.63) is 71.3 Å². The van der Waals surface area contributed by atoms with Crippen LogP contribution in [-0.2, 0) is 4.79 Å². The summed E-state index contributed by atoms with van der Waals surface area (Å²) in [5.74, 6) is -2.38. The van der Waals surface area contributed by atoms with Gasteiger partial charge in [0.1, 0.15) is 17.7 Å². The van der Waals surface area contributed by atoms with Gasteiger partial charge in [-0.3, -0.25) is 14.4 Å². The minimum absolute atomic E-state index is 0.0200. The van der Waals surface area contributed by atoms with E-state index in [1.807, 2.05) is 13.8 Å². The molecule has 176 valence electrons. The summed E-state index contributed by atoms with van der Waals surface area (Å²) in [6.45, 7) is 4.52. The summed E-state index contributed by atoms with van der Waals surface area (Å²) < 4.78 is 27.2. The van der Waals surface area contributed by atoms with Crippen molar-refractivity contribution in [3.63, 3.8) is 0 Å². The van der Waals surface area contributed by atoms with Crippen LogP contribution in [-0.4, -0.2) is 47.8 Å². The molecule has 6 nitrogen and oxygen atoms in total. The van der Waals surface area contributed by atoms with E-state index in [-0.39, 0.29) is 34.9 Å². The Kier molecular flexibility index (Phi) is 8.14. The van der Waals surface area contributed by atoms with Gasteiger partial charge >= 0.3 is 0 Å². The van der Waals surface area contributed by atoms with E-state index in [2.05, 4.69) is 10.6 Å². The average Bonchev–Trinajstić information content (AvgIpc) is 2.82. The van der Waals surface area contributed by atoms with Crippen LogP contribution in [0.3, 0.4) is 0 Å². The maximum Gasteiger partial charge on any atom is 0.256 e. The van der Waals surface area contributed by atoms with E-state index < -0.39 is 23.6 Å². The Morgan fingerprint density at radius 3 is 2.24 bits per heavy atom. The average molecular weight is 458 g/mol. The molecule has 0 unspecified atom stereocenters. The second kappa shape index (κ2) is 11.0. The van der Waals surface area contributed by atoms with Gasteiger partial charge in [0.25, 0.3) is 11.8 Å². The molecule has 33 heavy (non-hydrogen) atoms. The molecule has 1 fully saturated rings. The number of carbonyl (C=O) groups excluding carboxylic acids is 3. The number of likely N-dealkylation sites (tertiary alicyclic amines) is 1. The molecule has 1 saturated heterocycles. The Morgan fingerprint density at radius 1 is 1.00 bits per heavy atom. The summed E-state index contributed by atoms with van der Waals surface area (Å²) in [5.41, 5.74) is 0.275. The third-order valence-corrected chi connectivity index (χ3v) is 6.08. The molecule has 0 saturated carbocycles. The maximum absolute atomic E-state index is 14.0. The second-order valence-corrected chi connectivity index (χ2v) is 8.39. The number of benzene rings is 2. The van der Waals surface area contributed by atoms with Gasteiger partial charge in [-0.1, -0.05) is 19.1 Å². The molecule has 2 aromatic carbocycles. The van der Waals surface area contributed by atoms with Gasteiger partial charge in [-0.15, -0.1) is 0 Å². The van der Waals surface area contributed by atoms with E-state index in [0.717, 1.165) is 6.42 Å². The van der Waals surface area contributed by atoms with Crippen LogP contribution in [0.4, 0.5) is 8.78 Å². The molecule has 2 N–H and O–H groups in total. The second-order valence-electron chi connectivity index (χ2n) is 8.39. The molecular formula is C25H29F2N3O3. The molecule has 0 radical (unpaired) electrons. The van der Waals surface area contributed by atoms with E-state index in [1.54, 1.807) is 11.0 Å². The first-order valence-corrected chi connectivity index (χ1v) is 11.2. The molecule has 0 aromatic heterocycles.